The Hall–Kier alpha value is -3.40. The SMILES string of the molecule is CCc1ccc(N2C[C@H](C(=O)NCCC(c3ccccc3)c3ccccc3)CC2=O)cc1. The molecule has 1 heterocycles. The van der Waals surface area contributed by atoms with Gasteiger partial charge in [0.2, 0.25) is 11.8 Å². The number of aryl methyl sites for hydroxylation is 1. The molecule has 0 aliphatic carbocycles. The van der Waals surface area contributed by atoms with E-state index in [0.717, 1.165) is 18.5 Å². The Kier molecular flexibility index (Phi) is 7.00. The molecule has 3 aromatic rings. The first-order valence-corrected chi connectivity index (χ1v) is 11.4. The molecule has 1 atom stereocenters. The molecule has 0 saturated carbocycles. The second kappa shape index (κ2) is 10.3. The summed E-state index contributed by atoms with van der Waals surface area (Å²) in [4.78, 5) is 27.1. The first-order chi connectivity index (χ1) is 15.7. The number of hydrogen-bond acceptors (Lipinski definition) is 2. The van der Waals surface area contributed by atoms with Gasteiger partial charge in [-0.25, -0.2) is 0 Å². The third-order valence-corrected chi connectivity index (χ3v) is 6.29. The summed E-state index contributed by atoms with van der Waals surface area (Å²) in [6.07, 6.45) is 2.04. The van der Waals surface area contributed by atoms with Gasteiger partial charge in [0.05, 0.1) is 5.92 Å². The minimum atomic E-state index is -0.305. The van der Waals surface area contributed by atoms with Crippen LogP contribution in [0.2, 0.25) is 0 Å². The lowest BCUT2D eigenvalue weighted by atomic mass is 9.88. The van der Waals surface area contributed by atoms with Crippen molar-refractivity contribution in [1.82, 2.24) is 5.32 Å². The Balaban J connectivity index is 1.36. The maximum absolute atomic E-state index is 12.8. The van der Waals surface area contributed by atoms with E-state index in [0.29, 0.717) is 13.1 Å². The van der Waals surface area contributed by atoms with Crippen LogP contribution in [0.1, 0.15) is 42.4 Å². The minimum Gasteiger partial charge on any atom is -0.356 e. The van der Waals surface area contributed by atoms with Gasteiger partial charge in [0.1, 0.15) is 0 Å². The van der Waals surface area contributed by atoms with Crippen molar-refractivity contribution in [2.75, 3.05) is 18.0 Å². The molecule has 0 aromatic heterocycles. The maximum atomic E-state index is 12.8. The number of anilines is 1. The summed E-state index contributed by atoms with van der Waals surface area (Å²) in [6.45, 7) is 3.12. The summed E-state index contributed by atoms with van der Waals surface area (Å²) in [5, 5.41) is 3.09. The molecule has 4 heteroatoms. The fourth-order valence-electron chi connectivity index (χ4n) is 4.42. The molecule has 4 nitrogen and oxygen atoms in total. The molecular weight excluding hydrogens is 396 g/mol. The Morgan fingerprint density at radius 3 is 2.09 bits per heavy atom. The zero-order chi connectivity index (χ0) is 22.3. The van der Waals surface area contributed by atoms with Gasteiger partial charge in [0.15, 0.2) is 0 Å². The Morgan fingerprint density at radius 2 is 1.53 bits per heavy atom. The molecule has 0 spiro atoms. The van der Waals surface area contributed by atoms with E-state index in [1.807, 2.05) is 36.4 Å². The average Bonchev–Trinajstić information content (AvgIpc) is 3.24. The first kappa shape index (κ1) is 21.8. The summed E-state index contributed by atoms with van der Waals surface area (Å²) >= 11 is 0. The van der Waals surface area contributed by atoms with Crippen LogP contribution in [0.3, 0.4) is 0 Å². The third kappa shape index (κ3) is 5.08. The fourth-order valence-corrected chi connectivity index (χ4v) is 4.42. The molecule has 164 valence electrons. The highest BCUT2D eigenvalue weighted by Gasteiger charge is 2.35. The summed E-state index contributed by atoms with van der Waals surface area (Å²) in [5.74, 6) is -0.108. The van der Waals surface area contributed by atoms with Crippen molar-refractivity contribution >= 4 is 17.5 Å². The standard InChI is InChI=1S/C28H30N2O2/c1-2-21-13-15-25(16-14-21)30-20-24(19-27(30)31)28(32)29-18-17-26(22-9-5-3-6-10-22)23-11-7-4-8-12-23/h3-16,24,26H,2,17-20H2,1H3,(H,29,32)/t24-/m1/s1. The van der Waals surface area contributed by atoms with Gasteiger partial charge in [0.25, 0.3) is 0 Å². The summed E-state index contributed by atoms with van der Waals surface area (Å²) in [5.41, 5.74) is 4.59. The number of rotatable bonds is 8. The summed E-state index contributed by atoms with van der Waals surface area (Å²) < 4.78 is 0. The van der Waals surface area contributed by atoms with E-state index in [1.165, 1.54) is 16.7 Å². The van der Waals surface area contributed by atoms with Gasteiger partial charge in [-0.3, -0.25) is 9.59 Å². The van der Waals surface area contributed by atoms with Crippen LogP contribution in [-0.2, 0) is 16.0 Å². The van der Waals surface area contributed by atoms with Crippen LogP contribution in [0.25, 0.3) is 0 Å². The van der Waals surface area contributed by atoms with Gasteiger partial charge < -0.3 is 10.2 Å². The predicted molar refractivity (Wildman–Crippen MR) is 129 cm³/mol. The molecule has 1 fully saturated rings. The highest BCUT2D eigenvalue weighted by molar-refractivity contribution is 6.00. The van der Waals surface area contributed by atoms with Crippen molar-refractivity contribution in [3.63, 3.8) is 0 Å². The second-order valence-corrected chi connectivity index (χ2v) is 8.38. The van der Waals surface area contributed by atoms with Crippen LogP contribution in [0.4, 0.5) is 5.69 Å². The van der Waals surface area contributed by atoms with E-state index in [-0.39, 0.29) is 30.1 Å². The molecule has 32 heavy (non-hydrogen) atoms. The van der Waals surface area contributed by atoms with E-state index in [1.54, 1.807) is 4.90 Å². The molecule has 1 aliphatic heterocycles. The normalized spacial score (nSPS) is 15.9. The molecule has 0 radical (unpaired) electrons. The van der Waals surface area contributed by atoms with Crippen LogP contribution in [0.5, 0.6) is 0 Å². The zero-order valence-corrected chi connectivity index (χ0v) is 18.5. The highest BCUT2D eigenvalue weighted by atomic mass is 16.2. The third-order valence-electron chi connectivity index (χ3n) is 6.29. The lowest BCUT2D eigenvalue weighted by Gasteiger charge is -2.19. The number of hydrogen-bond donors (Lipinski definition) is 1. The van der Waals surface area contributed by atoms with E-state index in [9.17, 15) is 9.59 Å². The van der Waals surface area contributed by atoms with Crippen molar-refractivity contribution in [1.29, 1.82) is 0 Å². The average molecular weight is 427 g/mol. The quantitative estimate of drug-likeness (QED) is 0.555. The van der Waals surface area contributed by atoms with Gasteiger partial charge in [-0.05, 0) is 41.7 Å². The zero-order valence-electron chi connectivity index (χ0n) is 18.5. The Bertz CT molecular complexity index is 993. The number of nitrogens with one attached hydrogen (secondary N) is 1. The van der Waals surface area contributed by atoms with Crippen molar-refractivity contribution in [2.45, 2.75) is 32.1 Å². The molecule has 2 amide bonds. The number of nitrogens with zero attached hydrogens (tertiary/aromatic N) is 1. The number of carbonyl (C=O) groups is 2. The van der Waals surface area contributed by atoms with Crippen LogP contribution in [0, 0.1) is 5.92 Å². The van der Waals surface area contributed by atoms with Crippen LogP contribution >= 0.6 is 0 Å². The lowest BCUT2D eigenvalue weighted by Crippen LogP contribution is -2.34. The van der Waals surface area contributed by atoms with Crippen LogP contribution in [-0.4, -0.2) is 24.9 Å². The maximum Gasteiger partial charge on any atom is 0.227 e. The predicted octanol–water partition coefficient (Wildman–Crippen LogP) is 4.94. The molecule has 1 N–H and O–H groups in total. The minimum absolute atomic E-state index is 0.0147. The van der Waals surface area contributed by atoms with Gasteiger partial charge >= 0.3 is 0 Å². The van der Waals surface area contributed by atoms with Gasteiger partial charge in [-0.1, -0.05) is 79.7 Å². The number of benzene rings is 3. The van der Waals surface area contributed by atoms with Crippen molar-refractivity contribution < 1.29 is 9.59 Å². The van der Waals surface area contributed by atoms with Crippen molar-refractivity contribution in [3.05, 3.63) is 102 Å². The molecule has 4 rings (SSSR count). The molecular formula is C28H30N2O2. The molecule has 1 saturated heterocycles. The first-order valence-electron chi connectivity index (χ1n) is 11.4. The van der Waals surface area contributed by atoms with E-state index >= 15 is 0 Å². The highest BCUT2D eigenvalue weighted by Crippen LogP contribution is 2.28. The van der Waals surface area contributed by atoms with E-state index in [4.69, 9.17) is 0 Å². The topological polar surface area (TPSA) is 49.4 Å². The monoisotopic (exact) mass is 426 g/mol. The number of amides is 2. The largest absolute Gasteiger partial charge is 0.356 e. The Labute approximate surface area is 190 Å². The van der Waals surface area contributed by atoms with Crippen LogP contribution < -0.4 is 10.2 Å². The van der Waals surface area contributed by atoms with E-state index < -0.39 is 0 Å². The smallest absolute Gasteiger partial charge is 0.227 e. The molecule has 0 unspecified atom stereocenters. The van der Waals surface area contributed by atoms with Gasteiger partial charge in [-0.15, -0.1) is 0 Å². The van der Waals surface area contributed by atoms with Gasteiger partial charge in [-0.2, -0.15) is 0 Å². The second-order valence-electron chi connectivity index (χ2n) is 8.38. The van der Waals surface area contributed by atoms with Crippen molar-refractivity contribution in [3.8, 4) is 0 Å². The molecule has 0 bridgehead atoms. The number of carbonyl (C=O) groups excluding carboxylic acids is 2. The molecule has 1 aliphatic rings. The fraction of sp³-hybridized carbons (Fsp3) is 0.286. The van der Waals surface area contributed by atoms with Crippen LogP contribution in [0.15, 0.2) is 84.9 Å². The summed E-state index contributed by atoms with van der Waals surface area (Å²) in [7, 11) is 0. The van der Waals surface area contributed by atoms with Crippen molar-refractivity contribution in [2.24, 2.45) is 5.92 Å². The van der Waals surface area contributed by atoms with Gasteiger partial charge in [0, 0.05) is 31.1 Å². The van der Waals surface area contributed by atoms with E-state index in [2.05, 4.69) is 60.8 Å². The lowest BCUT2D eigenvalue weighted by molar-refractivity contribution is -0.126. The molecule has 3 aromatic carbocycles. The Morgan fingerprint density at radius 1 is 0.938 bits per heavy atom. The summed E-state index contributed by atoms with van der Waals surface area (Å²) in [6, 6.07) is 28.8.